The highest BCUT2D eigenvalue weighted by molar-refractivity contribution is 9.10. The third kappa shape index (κ3) is 2.32. The standard InChI is InChI=1S/C7H8BBrO2/c1-5-2-6(8(10)11)4-7(9)3-5/h2-4,10-11H,1H3/i1D3,2D,3D,4D. The van der Waals surface area contributed by atoms with E-state index in [1.54, 1.807) is 0 Å². The normalized spacial score (nSPS) is 18.8. The highest BCUT2D eigenvalue weighted by Crippen LogP contribution is 2.09. The van der Waals surface area contributed by atoms with Crippen LogP contribution in [0.25, 0.3) is 0 Å². The van der Waals surface area contributed by atoms with Crippen LogP contribution in [0.1, 0.15) is 13.8 Å². The molecule has 0 heterocycles. The Bertz CT molecular complexity index is 461. The fourth-order valence-electron chi connectivity index (χ4n) is 0.585. The van der Waals surface area contributed by atoms with E-state index in [-0.39, 0.29) is 4.47 Å². The molecule has 0 saturated carbocycles. The molecule has 0 unspecified atom stereocenters. The first-order valence-corrected chi connectivity index (χ1v) is 3.54. The molecule has 0 radical (unpaired) electrons. The van der Waals surface area contributed by atoms with Crippen molar-refractivity contribution in [2.24, 2.45) is 0 Å². The highest BCUT2D eigenvalue weighted by atomic mass is 79.9. The zero-order valence-corrected chi connectivity index (χ0v) is 6.94. The van der Waals surface area contributed by atoms with Crippen molar-refractivity contribution in [3.63, 3.8) is 0 Å². The van der Waals surface area contributed by atoms with Gasteiger partial charge in [0.1, 0.15) is 0 Å². The van der Waals surface area contributed by atoms with Crippen molar-refractivity contribution in [1.82, 2.24) is 0 Å². The summed E-state index contributed by atoms with van der Waals surface area (Å²) in [6.45, 7) is -2.73. The minimum Gasteiger partial charge on any atom is -0.423 e. The predicted octanol–water partition coefficient (Wildman–Crippen LogP) is 0.437. The Labute approximate surface area is 82.6 Å². The number of hydrogen-bond donors (Lipinski definition) is 2. The minimum absolute atomic E-state index is 0.178. The van der Waals surface area contributed by atoms with Crippen molar-refractivity contribution in [2.75, 3.05) is 0 Å². The fraction of sp³-hybridized carbons (Fsp3) is 0.143. The molecular weight excluding hydrogens is 207 g/mol. The Kier molecular flexibility index (Phi) is 1.11. The topological polar surface area (TPSA) is 40.5 Å². The van der Waals surface area contributed by atoms with Crippen LogP contribution in [-0.2, 0) is 0 Å². The van der Waals surface area contributed by atoms with E-state index in [4.69, 9.17) is 18.3 Å². The minimum atomic E-state index is -2.73. The lowest BCUT2D eigenvalue weighted by atomic mass is 9.80. The van der Waals surface area contributed by atoms with Crippen LogP contribution in [0.5, 0.6) is 0 Å². The van der Waals surface area contributed by atoms with Gasteiger partial charge in [0.05, 0.1) is 4.11 Å². The molecule has 2 N–H and O–H groups in total. The molecule has 0 fully saturated rings. The lowest BCUT2D eigenvalue weighted by molar-refractivity contribution is 0.425. The first kappa shape index (κ1) is 3.60. The van der Waals surface area contributed by atoms with E-state index >= 15 is 0 Å². The summed E-state index contributed by atoms with van der Waals surface area (Å²) >= 11 is 2.85. The van der Waals surface area contributed by atoms with E-state index < -0.39 is 43.1 Å². The molecule has 4 heteroatoms. The van der Waals surface area contributed by atoms with E-state index in [0.717, 1.165) is 0 Å². The van der Waals surface area contributed by atoms with E-state index in [1.165, 1.54) is 0 Å². The molecule has 1 aromatic carbocycles. The molecule has 0 amide bonds. The van der Waals surface area contributed by atoms with Gasteiger partial charge in [-0.25, -0.2) is 0 Å². The number of halogens is 1. The van der Waals surface area contributed by atoms with Crippen LogP contribution in [0.15, 0.2) is 22.6 Å². The van der Waals surface area contributed by atoms with Gasteiger partial charge in [-0.3, -0.25) is 0 Å². The Morgan fingerprint density at radius 3 is 2.82 bits per heavy atom. The fourth-order valence-corrected chi connectivity index (χ4v) is 0.997. The molecule has 2 nitrogen and oxygen atoms in total. The molecule has 0 atom stereocenters. The van der Waals surface area contributed by atoms with Gasteiger partial charge in [0.2, 0.25) is 0 Å². The van der Waals surface area contributed by atoms with Gasteiger partial charge in [-0.1, -0.05) is 27.5 Å². The highest BCUT2D eigenvalue weighted by Gasteiger charge is 2.10. The molecule has 0 aliphatic carbocycles. The third-order valence-corrected chi connectivity index (χ3v) is 1.39. The largest absolute Gasteiger partial charge is 0.488 e. The van der Waals surface area contributed by atoms with Crippen molar-refractivity contribution >= 4 is 28.5 Å². The summed E-state index contributed by atoms with van der Waals surface area (Å²) in [5.74, 6) is 0. The quantitative estimate of drug-likeness (QED) is 0.675. The van der Waals surface area contributed by atoms with Crippen LogP contribution >= 0.6 is 15.9 Å². The van der Waals surface area contributed by atoms with Gasteiger partial charge in [-0.15, -0.1) is 0 Å². The average molecular weight is 221 g/mol. The van der Waals surface area contributed by atoms with Gasteiger partial charge >= 0.3 is 7.12 Å². The summed E-state index contributed by atoms with van der Waals surface area (Å²) in [7, 11) is -2.13. The lowest BCUT2D eigenvalue weighted by Crippen LogP contribution is -2.29. The Hall–Kier alpha value is -0.315. The third-order valence-electron chi connectivity index (χ3n) is 0.997. The van der Waals surface area contributed by atoms with Crippen LogP contribution in [0.3, 0.4) is 0 Å². The van der Waals surface area contributed by atoms with E-state index in [0.29, 0.717) is 0 Å². The van der Waals surface area contributed by atoms with Crippen LogP contribution < -0.4 is 5.46 Å². The Balaban J connectivity index is 3.75. The SMILES string of the molecule is [2H]c1c(Br)c([2H])c(C([2H])([2H])[2H])c([2H])c1B(O)O. The zero-order chi connectivity index (χ0) is 13.5. The molecule has 11 heavy (non-hydrogen) atoms. The zero-order valence-electron chi connectivity index (χ0n) is 11.3. The maximum absolute atomic E-state index is 9.04. The van der Waals surface area contributed by atoms with Gasteiger partial charge < -0.3 is 10.0 Å². The van der Waals surface area contributed by atoms with Crippen LogP contribution in [0.2, 0.25) is 0 Å². The molecule has 1 rings (SSSR count). The van der Waals surface area contributed by atoms with Crippen molar-refractivity contribution in [1.29, 1.82) is 0 Å². The van der Waals surface area contributed by atoms with Crippen molar-refractivity contribution in [3.05, 3.63) is 28.2 Å². The molecule has 0 spiro atoms. The van der Waals surface area contributed by atoms with E-state index in [1.807, 2.05) is 0 Å². The summed E-state index contributed by atoms with van der Waals surface area (Å²) in [5.41, 5.74) is -1.14. The van der Waals surface area contributed by atoms with Gasteiger partial charge in [-0.05, 0) is 24.4 Å². The summed E-state index contributed by atoms with van der Waals surface area (Å²) in [6, 6.07) is -1.69. The molecular formula is C7H8BBrO2. The first-order chi connectivity index (χ1) is 7.59. The van der Waals surface area contributed by atoms with Crippen LogP contribution in [0.4, 0.5) is 0 Å². The van der Waals surface area contributed by atoms with Gasteiger partial charge in [0.15, 0.2) is 0 Å². The van der Waals surface area contributed by atoms with Crippen molar-refractivity contribution < 1.29 is 18.3 Å². The van der Waals surface area contributed by atoms with E-state index in [2.05, 4.69) is 15.9 Å². The average Bonchev–Trinajstić information content (AvgIpc) is 2.11. The maximum atomic E-state index is 9.04. The lowest BCUT2D eigenvalue weighted by Gasteiger charge is -2.01. The molecule has 1 aromatic rings. The van der Waals surface area contributed by atoms with Crippen molar-refractivity contribution in [3.8, 4) is 0 Å². The van der Waals surface area contributed by atoms with Crippen molar-refractivity contribution in [2.45, 2.75) is 6.85 Å². The number of benzene rings is 1. The molecule has 0 aliphatic rings. The van der Waals surface area contributed by atoms with Crippen LogP contribution in [-0.4, -0.2) is 17.2 Å². The second-order valence-corrected chi connectivity index (χ2v) is 2.64. The molecule has 0 aromatic heterocycles. The van der Waals surface area contributed by atoms with Gasteiger partial charge in [0.25, 0.3) is 0 Å². The molecule has 0 bridgehead atoms. The van der Waals surface area contributed by atoms with Gasteiger partial charge in [0, 0.05) is 8.58 Å². The molecule has 0 aliphatic heterocycles. The number of hydrogen-bond acceptors (Lipinski definition) is 2. The van der Waals surface area contributed by atoms with Crippen LogP contribution in [0, 0.1) is 6.85 Å². The summed E-state index contributed by atoms with van der Waals surface area (Å²) < 4.78 is 44.1. The number of rotatable bonds is 1. The second-order valence-electron chi connectivity index (χ2n) is 1.85. The predicted molar refractivity (Wildman–Crippen MR) is 48.7 cm³/mol. The molecule has 58 valence electrons. The first-order valence-electron chi connectivity index (χ1n) is 5.74. The monoisotopic (exact) mass is 220 g/mol. The molecule has 0 saturated heterocycles. The maximum Gasteiger partial charge on any atom is 0.488 e. The smallest absolute Gasteiger partial charge is 0.423 e. The van der Waals surface area contributed by atoms with E-state index in [9.17, 15) is 0 Å². The Morgan fingerprint density at radius 2 is 2.27 bits per heavy atom. The second kappa shape index (κ2) is 3.39. The van der Waals surface area contributed by atoms with Gasteiger partial charge in [-0.2, -0.15) is 0 Å². The summed E-state index contributed by atoms with van der Waals surface area (Å²) in [4.78, 5) is 0. The summed E-state index contributed by atoms with van der Waals surface area (Å²) in [6.07, 6.45) is 0. The summed E-state index contributed by atoms with van der Waals surface area (Å²) in [5, 5.41) is 18.1. The Morgan fingerprint density at radius 1 is 1.55 bits per heavy atom.